The van der Waals surface area contributed by atoms with E-state index in [1.165, 1.54) is 5.56 Å². The summed E-state index contributed by atoms with van der Waals surface area (Å²) in [5.74, 6) is 0. The van der Waals surface area contributed by atoms with Crippen LogP contribution in [0.4, 0.5) is 0 Å². The van der Waals surface area contributed by atoms with Gasteiger partial charge < -0.3 is 5.32 Å². The summed E-state index contributed by atoms with van der Waals surface area (Å²) in [6.07, 6.45) is 3.75. The number of pyridine rings is 1. The van der Waals surface area contributed by atoms with Crippen LogP contribution < -0.4 is 5.32 Å². The van der Waals surface area contributed by atoms with Gasteiger partial charge in [0.15, 0.2) is 0 Å². The number of benzene rings is 1. The lowest BCUT2D eigenvalue weighted by molar-refractivity contribution is 0.589. The first-order valence-corrected chi connectivity index (χ1v) is 7.47. The molecule has 0 radical (unpaired) electrons. The molecular weight excluding hydrogens is 282 g/mol. The van der Waals surface area contributed by atoms with Crippen LogP contribution in [-0.2, 0) is 6.54 Å². The predicted molar refractivity (Wildman–Crippen MR) is 87.6 cm³/mol. The Bertz CT molecular complexity index is 762. The van der Waals surface area contributed by atoms with Crippen molar-refractivity contribution in [3.05, 3.63) is 59.4 Å². The molecule has 0 aliphatic carbocycles. The summed E-state index contributed by atoms with van der Waals surface area (Å²) < 4.78 is 2.05. The molecule has 4 heteroatoms. The average Bonchev–Trinajstić information content (AvgIpc) is 2.94. The van der Waals surface area contributed by atoms with E-state index in [0.29, 0.717) is 6.04 Å². The number of aromatic nitrogens is 2. The molecule has 21 heavy (non-hydrogen) atoms. The fourth-order valence-electron chi connectivity index (χ4n) is 2.37. The van der Waals surface area contributed by atoms with Gasteiger partial charge in [0.2, 0.25) is 0 Å². The molecule has 0 unspecified atom stereocenters. The van der Waals surface area contributed by atoms with Gasteiger partial charge in [0.1, 0.15) is 5.65 Å². The predicted octanol–water partition coefficient (Wildman–Crippen LogP) is 4.15. The molecule has 3 rings (SSSR count). The number of hydrogen-bond acceptors (Lipinski definition) is 2. The second kappa shape index (κ2) is 5.88. The molecule has 0 bridgehead atoms. The maximum absolute atomic E-state index is 6.49. The summed E-state index contributed by atoms with van der Waals surface area (Å²) in [7, 11) is 0. The minimum Gasteiger partial charge on any atom is -0.310 e. The molecule has 1 aromatic carbocycles. The summed E-state index contributed by atoms with van der Waals surface area (Å²) in [5.41, 5.74) is 4.19. The number of nitrogens with zero attached hydrogens (tertiary/aromatic N) is 2. The number of nitrogens with one attached hydrogen (secondary N) is 1. The van der Waals surface area contributed by atoms with Crippen molar-refractivity contribution >= 4 is 17.2 Å². The van der Waals surface area contributed by atoms with E-state index in [1.54, 1.807) is 6.20 Å². The Labute approximate surface area is 129 Å². The second-order valence-electron chi connectivity index (χ2n) is 5.42. The van der Waals surface area contributed by atoms with Crippen molar-refractivity contribution in [2.45, 2.75) is 26.4 Å². The normalized spacial score (nSPS) is 11.4. The Hall–Kier alpha value is -1.84. The van der Waals surface area contributed by atoms with E-state index in [9.17, 15) is 0 Å². The zero-order valence-electron chi connectivity index (χ0n) is 12.2. The van der Waals surface area contributed by atoms with Gasteiger partial charge in [-0.05, 0) is 23.8 Å². The quantitative estimate of drug-likeness (QED) is 0.784. The van der Waals surface area contributed by atoms with E-state index in [-0.39, 0.29) is 0 Å². The van der Waals surface area contributed by atoms with Gasteiger partial charge in [-0.25, -0.2) is 4.98 Å². The van der Waals surface area contributed by atoms with Crippen molar-refractivity contribution in [2.24, 2.45) is 0 Å². The summed E-state index contributed by atoms with van der Waals surface area (Å²) in [4.78, 5) is 4.31. The van der Waals surface area contributed by atoms with Gasteiger partial charge >= 0.3 is 0 Å². The van der Waals surface area contributed by atoms with E-state index >= 15 is 0 Å². The molecule has 0 atom stereocenters. The standard InChI is InChI=1S/C17H18ClN3/c1-12(2)20-11-13-6-7-14(15(18)10-13)16-4-3-5-17-19-8-9-21(16)17/h3-10,12,20H,11H2,1-2H3. The molecule has 0 spiro atoms. The number of fused-ring (bicyclic) bond motifs is 1. The largest absolute Gasteiger partial charge is 0.310 e. The lowest BCUT2D eigenvalue weighted by Gasteiger charge is -2.11. The highest BCUT2D eigenvalue weighted by atomic mass is 35.5. The minimum atomic E-state index is 0.461. The van der Waals surface area contributed by atoms with Crippen LogP contribution in [0, 0.1) is 0 Å². The van der Waals surface area contributed by atoms with Crippen LogP contribution in [0.2, 0.25) is 5.02 Å². The molecule has 2 heterocycles. The van der Waals surface area contributed by atoms with Gasteiger partial charge in [-0.1, -0.05) is 43.6 Å². The Morgan fingerprint density at radius 1 is 1.24 bits per heavy atom. The van der Waals surface area contributed by atoms with Gasteiger partial charge in [-0.15, -0.1) is 0 Å². The molecule has 0 aliphatic rings. The summed E-state index contributed by atoms with van der Waals surface area (Å²) in [6, 6.07) is 12.7. The topological polar surface area (TPSA) is 29.3 Å². The van der Waals surface area contributed by atoms with Crippen molar-refractivity contribution in [2.75, 3.05) is 0 Å². The molecular formula is C17H18ClN3. The van der Waals surface area contributed by atoms with E-state index < -0.39 is 0 Å². The maximum atomic E-state index is 6.49. The molecule has 0 aliphatic heterocycles. The van der Waals surface area contributed by atoms with Crippen molar-refractivity contribution in [3.8, 4) is 11.3 Å². The van der Waals surface area contributed by atoms with Gasteiger partial charge in [0, 0.05) is 30.5 Å². The lowest BCUT2D eigenvalue weighted by atomic mass is 10.1. The Morgan fingerprint density at radius 2 is 2.10 bits per heavy atom. The molecule has 3 aromatic rings. The third-order valence-corrected chi connectivity index (χ3v) is 3.76. The van der Waals surface area contributed by atoms with E-state index in [2.05, 4.69) is 42.3 Å². The first kappa shape index (κ1) is 14.1. The third-order valence-electron chi connectivity index (χ3n) is 3.45. The molecule has 0 saturated heterocycles. The van der Waals surface area contributed by atoms with Crippen LogP contribution in [0.5, 0.6) is 0 Å². The third kappa shape index (κ3) is 2.94. The van der Waals surface area contributed by atoms with E-state index in [4.69, 9.17) is 11.6 Å². The first-order valence-electron chi connectivity index (χ1n) is 7.09. The van der Waals surface area contributed by atoms with Crippen LogP contribution in [0.1, 0.15) is 19.4 Å². The SMILES string of the molecule is CC(C)NCc1ccc(-c2cccc3nccn23)c(Cl)c1. The van der Waals surface area contributed by atoms with Crippen molar-refractivity contribution in [3.63, 3.8) is 0 Å². The van der Waals surface area contributed by atoms with Crippen LogP contribution >= 0.6 is 11.6 Å². The highest BCUT2D eigenvalue weighted by Gasteiger charge is 2.08. The van der Waals surface area contributed by atoms with Gasteiger partial charge in [0.05, 0.1) is 10.7 Å². The fraction of sp³-hybridized carbons (Fsp3) is 0.235. The minimum absolute atomic E-state index is 0.461. The highest BCUT2D eigenvalue weighted by molar-refractivity contribution is 6.33. The van der Waals surface area contributed by atoms with Crippen LogP contribution in [0.15, 0.2) is 48.8 Å². The smallest absolute Gasteiger partial charge is 0.137 e. The van der Waals surface area contributed by atoms with Crippen molar-refractivity contribution in [1.29, 1.82) is 0 Å². The number of imidazole rings is 1. The first-order chi connectivity index (χ1) is 10.1. The Balaban J connectivity index is 1.98. The van der Waals surface area contributed by atoms with Crippen molar-refractivity contribution in [1.82, 2.24) is 14.7 Å². The Morgan fingerprint density at radius 3 is 2.86 bits per heavy atom. The fourth-order valence-corrected chi connectivity index (χ4v) is 2.67. The van der Waals surface area contributed by atoms with Crippen LogP contribution in [-0.4, -0.2) is 15.4 Å². The molecule has 3 nitrogen and oxygen atoms in total. The number of halogens is 1. The Kier molecular flexibility index (Phi) is 3.95. The zero-order chi connectivity index (χ0) is 14.8. The average molecular weight is 300 g/mol. The zero-order valence-corrected chi connectivity index (χ0v) is 12.9. The maximum Gasteiger partial charge on any atom is 0.137 e. The number of hydrogen-bond donors (Lipinski definition) is 1. The number of rotatable bonds is 4. The molecule has 0 saturated carbocycles. The van der Waals surface area contributed by atoms with Crippen molar-refractivity contribution < 1.29 is 0 Å². The van der Waals surface area contributed by atoms with E-state index in [1.807, 2.05) is 28.8 Å². The molecule has 2 aromatic heterocycles. The van der Waals surface area contributed by atoms with Crippen LogP contribution in [0.25, 0.3) is 16.9 Å². The lowest BCUT2D eigenvalue weighted by Crippen LogP contribution is -2.21. The highest BCUT2D eigenvalue weighted by Crippen LogP contribution is 2.29. The molecule has 108 valence electrons. The second-order valence-corrected chi connectivity index (χ2v) is 5.82. The summed E-state index contributed by atoms with van der Waals surface area (Å²) in [6.45, 7) is 5.10. The molecule has 1 N–H and O–H groups in total. The van der Waals surface area contributed by atoms with Gasteiger partial charge in [-0.3, -0.25) is 4.40 Å². The summed E-state index contributed by atoms with van der Waals surface area (Å²) >= 11 is 6.49. The van der Waals surface area contributed by atoms with Gasteiger partial charge in [-0.2, -0.15) is 0 Å². The summed E-state index contributed by atoms with van der Waals surface area (Å²) in [5, 5.41) is 4.16. The van der Waals surface area contributed by atoms with Crippen LogP contribution in [0.3, 0.4) is 0 Å². The van der Waals surface area contributed by atoms with E-state index in [0.717, 1.165) is 28.5 Å². The van der Waals surface area contributed by atoms with Gasteiger partial charge in [0.25, 0.3) is 0 Å². The molecule has 0 amide bonds. The molecule has 0 fully saturated rings. The monoisotopic (exact) mass is 299 g/mol.